The summed E-state index contributed by atoms with van der Waals surface area (Å²) in [5.74, 6) is -0.309. The van der Waals surface area contributed by atoms with Gasteiger partial charge in [-0.05, 0) is 18.2 Å². The number of anilines is 1. The number of hydrogen-bond donors (Lipinski definition) is 1. The maximum Gasteiger partial charge on any atom is 0.263 e. The first-order chi connectivity index (χ1) is 11.0. The average molecular weight is 331 g/mol. The first-order valence-electron chi connectivity index (χ1n) is 6.83. The Morgan fingerprint density at radius 3 is 2.48 bits per heavy atom. The minimum atomic E-state index is -3.88. The molecule has 2 aromatic carbocycles. The van der Waals surface area contributed by atoms with E-state index < -0.39 is 15.8 Å². The van der Waals surface area contributed by atoms with Crippen molar-refractivity contribution in [3.63, 3.8) is 0 Å². The molecule has 23 heavy (non-hydrogen) atoms. The molecule has 0 aliphatic carbocycles. The molecule has 1 heterocycles. The maximum absolute atomic E-state index is 13.2. The molecule has 3 rings (SSSR count). The minimum Gasteiger partial charge on any atom is -0.264 e. The zero-order valence-corrected chi connectivity index (χ0v) is 13.1. The minimum absolute atomic E-state index is 0.139. The fraction of sp³-hybridized carbons (Fsp3) is 0.0625. The van der Waals surface area contributed by atoms with Crippen molar-refractivity contribution in [1.29, 1.82) is 0 Å². The Morgan fingerprint density at radius 2 is 1.78 bits per heavy atom. The van der Waals surface area contributed by atoms with Crippen LogP contribution in [0.4, 0.5) is 10.2 Å². The Balaban J connectivity index is 1.93. The van der Waals surface area contributed by atoms with Gasteiger partial charge in [0.25, 0.3) is 10.0 Å². The zero-order chi connectivity index (χ0) is 16.4. The summed E-state index contributed by atoms with van der Waals surface area (Å²) in [7, 11) is -2.24. The summed E-state index contributed by atoms with van der Waals surface area (Å²) in [6.45, 7) is 0. The van der Waals surface area contributed by atoms with E-state index in [-0.39, 0.29) is 4.90 Å². The van der Waals surface area contributed by atoms with Crippen LogP contribution in [0.25, 0.3) is 11.3 Å². The summed E-state index contributed by atoms with van der Waals surface area (Å²) in [6, 6.07) is 15.9. The molecule has 0 spiro atoms. The van der Waals surface area contributed by atoms with Crippen molar-refractivity contribution in [3.8, 4) is 11.3 Å². The Kier molecular flexibility index (Phi) is 3.87. The van der Waals surface area contributed by atoms with Crippen LogP contribution in [-0.2, 0) is 17.1 Å². The van der Waals surface area contributed by atoms with Gasteiger partial charge in [-0.1, -0.05) is 36.4 Å². The molecule has 1 N–H and O–H groups in total. The van der Waals surface area contributed by atoms with E-state index in [2.05, 4.69) is 9.82 Å². The van der Waals surface area contributed by atoms with E-state index in [0.717, 1.165) is 11.6 Å². The van der Waals surface area contributed by atoms with Gasteiger partial charge >= 0.3 is 0 Å². The Hall–Kier alpha value is -2.67. The number of aryl methyl sites for hydroxylation is 1. The van der Waals surface area contributed by atoms with Gasteiger partial charge < -0.3 is 0 Å². The molecule has 5 nitrogen and oxygen atoms in total. The summed E-state index contributed by atoms with van der Waals surface area (Å²) < 4.78 is 41.8. The lowest BCUT2D eigenvalue weighted by atomic mass is 10.2. The highest BCUT2D eigenvalue weighted by molar-refractivity contribution is 7.92. The van der Waals surface area contributed by atoms with Crippen molar-refractivity contribution in [2.45, 2.75) is 4.90 Å². The average Bonchev–Trinajstić information content (AvgIpc) is 2.89. The molecule has 0 saturated heterocycles. The van der Waals surface area contributed by atoms with Crippen LogP contribution in [0.1, 0.15) is 0 Å². The van der Waals surface area contributed by atoms with Gasteiger partial charge in [0, 0.05) is 18.7 Å². The van der Waals surface area contributed by atoms with Crippen molar-refractivity contribution < 1.29 is 12.8 Å². The third kappa shape index (κ3) is 3.24. The highest BCUT2D eigenvalue weighted by Gasteiger charge is 2.17. The molecule has 0 amide bonds. The van der Waals surface area contributed by atoms with Crippen LogP contribution in [0.3, 0.4) is 0 Å². The molecule has 0 unspecified atom stereocenters. The first kappa shape index (κ1) is 15.2. The van der Waals surface area contributed by atoms with E-state index in [0.29, 0.717) is 11.5 Å². The molecular weight excluding hydrogens is 317 g/mol. The molecule has 0 atom stereocenters. The first-order valence-corrected chi connectivity index (χ1v) is 8.32. The van der Waals surface area contributed by atoms with Crippen molar-refractivity contribution in [2.24, 2.45) is 7.05 Å². The quantitative estimate of drug-likeness (QED) is 0.799. The van der Waals surface area contributed by atoms with Crippen LogP contribution >= 0.6 is 0 Å². The number of aromatic nitrogens is 2. The van der Waals surface area contributed by atoms with Crippen LogP contribution in [0.2, 0.25) is 0 Å². The lowest BCUT2D eigenvalue weighted by molar-refractivity contribution is 0.594. The fourth-order valence-electron chi connectivity index (χ4n) is 2.14. The third-order valence-corrected chi connectivity index (χ3v) is 4.65. The Labute approximate surface area is 133 Å². The molecular formula is C16H14FN3O2S. The summed E-state index contributed by atoms with van der Waals surface area (Å²) in [5.41, 5.74) is 1.52. The van der Waals surface area contributed by atoms with Gasteiger partial charge in [0.15, 0.2) is 0 Å². The molecule has 0 fully saturated rings. The normalized spacial score (nSPS) is 11.4. The highest BCUT2D eigenvalue weighted by Crippen LogP contribution is 2.23. The van der Waals surface area contributed by atoms with Crippen LogP contribution in [0, 0.1) is 5.82 Å². The Morgan fingerprint density at radius 1 is 1.04 bits per heavy atom. The van der Waals surface area contributed by atoms with E-state index in [1.807, 2.05) is 30.3 Å². The maximum atomic E-state index is 13.2. The van der Waals surface area contributed by atoms with Gasteiger partial charge in [-0.25, -0.2) is 12.8 Å². The van der Waals surface area contributed by atoms with E-state index in [1.165, 1.54) is 22.9 Å². The fourth-order valence-corrected chi connectivity index (χ4v) is 3.25. The molecule has 0 bridgehead atoms. The molecule has 0 aliphatic rings. The number of benzene rings is 2. The molecule has 1 aromatic heterocycles. The van der Waals surface area contributed by atoms with Crippen LogP contribution < -0.4 is 4.72 Å². The monoisotopic (exact) mass is 331 g/mol. The topological polar surface area (TPSA) is 64.0 Å². The lowest BCUT2D eigenvalue weighted by Crippen LogP contribution is -2.15. The van der Waals surface area contributed by atoms with E-state index in [1.54, 1.807) is 13.1 Å². The van der Waals surface area contributed by atoms with Gasteiger partial charge in [0.05, 0.1) is 10.6 Å². The van der Waals surface area contributed by atoms with Crippen LogP contribution in [0.15, 0.2) is 65.6 Å². The predicted octanol–water partition coefficient (Wildman–Crippen LogP) is 3.03. The summed E-state index contributed by atoms with van der Waals surface area (Å²) in [4.78, 5) is -0.139. The van der Waals surface area contributed by atoms with Gasteiger partial charge in [-0.3, -0.25) is 9.40 Å². The van der Waals surface area contributed by atoms with E-state index in [4.69, 9.17) is 0 Å². The second-order valence-electron chi connectivity index (χ2n) is 4.97. The van der Waals surface area contributed by atoms with Crippen LogP contribution in [-0.4, -0.2) is 18.2 Å². The van der Waals surface area contributed by atoms with Crippen molar-refractivity contribution in [3.05, 3.63) is 66.5 Å². The van der Waals surface area contributed by atoms with Gasteiger partial charge in [0.1, 0.15) is 11.6 Å². The zero-order valence-electron chi connectivity index (χ0n) is 12.3. The smallest absolute Gasteiger partial charge is 0.263 e. The largest absolute Gasteiger partial charge is 0.264 e. The summed E-state index contributed by atoms with van der Waals surface area (Å²) in [6.07, 6.45) is 0. The molecule has 0 saturated carbocycles. The summed E-state index contributed by atoms with van der Waals surface area (Å²) >= 11 is 0. The molecule has 0 radical (unpaired) electrons. The number of halogens is 1. The van der Waals surface area contributed by atoms with E-state index in [9.17, 15) is 12.8 Å². The number of nitrogens with one attached hydrogen (secondary N) is 1. The van der Waals surface area contributed by atoms with Gasteiger partial charge in [-0.15, -0.1) is 0 Å². The third-order valence-electron chi connectivity index (χ3n) is 3.29. The van der Waals surface area contributed by atoms with Crippen molar-refractivity contribution in [1.82, 2.24) is 9.78 Å². The number of nitrogens with zero attached hydrogens (tertiary/aromatic N) is 2. The molecule has 0 aliphatic heterocycles. The number of sulfonamides is 1. The lowest BCUT2D eigenvalue weighted by Gasteiger charge is -2.07. The second-order valence-corrected chi connectivity index (χ2v) is 6.65. The number of rotatable bonds is 4. The molecule has 118 valence electrons. The van der Waals surface area contributed by atoms with Crippen molar-refractivity contribution in [2.75, 3.05) is 4.72 Å². The summed E-state index contributed by atoms with van der Waals surface area (Å²) in [5, 5.41) is 4.29. The SMILES string of the molecule is Cn1nc(-c2ccccc2)cc1NS(=O)(=O)c1cccc(F)c1. The van der Waals surface area contributed by atoms with E-state index >= 15 is 0 Å². The Bertz CT molecular complexity index is 937. The number of hydrogen-bond acceptors (Lipinski definition) is 3. The van der Waals surface area contributed by atoms with Gasteiger partial charge in [0.2, 0.25) is 0 Å². The molecule has 7 heteroatoms. The molecule has 3 aromatic rings. The van der Waals surface area contributed by atoms with Crippen LogP contribution in [0.5, 0.6) is 0 Å². The highest BCUT2D eigenvalue weighted by atomic mass is 32.2. The second kappa shape index (κ2) is 5.85. The predicted molar refractivity (Wildman–Crippen MR) is 85.9 cm³/mol. The van der Waals surface area contributed by atoms with Gasteiger partial charge in [-0.2, -0.15) is 5.10 Å². The standard InChI is InChI=1S/C16H14FN3O2S/c1-20-16(11-15(18-20)12-6-3-2-4-7-12)19-23(21,22)14-9-5-8-13(17)10-14/h2-11,19H,1H3. The van der Waals surface area contributed by atoms with Crippen molar-refractivity contribution >= 4 is 15.8 Å².